The number of piperidine rings is 1. The summed E-state index contributed by atoms with van der Waals surface area (Å²) in [5.41, 5.74) is 2.82. The zero-order valence-electron chi connectivity index (χ0n) is 19.2. The molecule has 1 saturated heterocycles. The Morgan fingerprint density at radius 1 is 1.03 bits per heavy atom. The van der Waals surface area contributed by atoms with Crippen LogP contribution in [0, 0.1) is 19.8 Å². The minimum atomic E-state index is -3.65. The fourth-order valence-electron chi connectivity index (χ4n) is 3.63. The lowest BCUT2D eigenvalue weighted by Gasteiger charge is -2.30. The summed E-state index contributed by atoms with van der Waals surface area (Å²) in [5, 5.41) is 2.71. The second-order valence-electron chi connectivity index (χ2n) is 8.04. The van der Waals surface area contributed by atoms with E-state index in [1.165, 1.54) is 16.4 Å². The minimum Gasteiger partial charge on any atom is -0.494 e. The van der Waals surface area contributed by atoms with Crippen molar-refractivity contribution in [2.75, 3.05) is 31.6 Å². The van der Waals surface area contributed by atoms with Gasteiger partial charge in [0.05, 0.1) is 17.4 Å². The van der Waals surface area contributed by atoms with E-state index >= 15 is 0 Å². The van der Waals surface area contributed by atoms with Crippen molar-refractivity contribution in [2.24, 2.45) is 5.92 Å². The van der Waals surface area contributed by atoms with Crippen molar-refractivity contribution in [3.8, 4) is 5.75 Å². The number of carbonyl (C=O) groups excluding carboxylic acids is 2. The number of carbonyl (C=O) groups is 2. The second-order valence-corrected chi connectivity index (χ2v) is 9.98. The third kappa shape index (κ3) is 6.33. The first kappa shape index (κ1) is 24.7. The molecule has 0 aliphatic carbocycles. The first-order chi connectivity index (χ1) is 15.7. The highest BCUT2D eigenvalue weighted by Gasteiger charge is 2.33. The van der Waals surface area contributed by atoms with Crippen LogP contribution in [0.3, 0.4) is 0 Å². The second kappa shape index (κ2) is 10.8. The van der Waals surface area contributed by atoms with E-state index < -0.39 is 27.8 Å². The smallest absolute Gasteiger partial charge is 0.309 e. The molecule has 1 heterocycles. The summed E-state index contributed by atoms with van der Waals surface area (Å²) in [5.74, 6) is -0.726. The number of hydrogen-bond acceptors (Lipinski definition) is 6. The van der Waals surface area contributed by atoms with Gasteiger partial charge in [-0.15, -0.1) is 0 Å². The molecule has 0 atom stereocenters. The number of sulfonamides is 1. The van der Waals surface area contributed by atoms with E-state index in [4.69, 9.17) is 9.47 Å². The van der Waals surface area contributed by atoms with Gasteiger partial charge in [-0.3, -0.25) is 9.59 Å². The predicted octanol–water partition coefficient (Wildman–Crippen LogP) is 3.28. The monoisotopic (exact) mass is 474 g/mol. The number of esters is 1. The van der Waals surface area contributed by atoms with E-state index in [1.54, 1.807) is 18.2 Å². The molecule has 0 aromatic heterocycles. The Balaban J connectivity index is 1.48. The first-order valence-electron chi connectivity index (χ1n) is 11.0. The van der Waals surface area contributed by atoms with Crippen molar-refractivity contribution in [2.45, 2.75) is 38.5 Å². The summed E-state index contributed by atoms with van der Waals surface area (Å²) >= 11 is 0. The molecule has 9 heteroatoms. The van der Waals surface area contributed by atoms with Gasteiger partial charge in [-0.05, 0) is 81.1 Å². The van der Waals surface area contributed by atoms with Crippen LogP contribution < -0.4 is 10.1 Å². The lowest BCUT2D eigenvalue weighted by molar-refractivity contribution is -0.152. The Morgan fingerprint density at radius 2 is 1.70 bits per heavy atom. The van der Waals surface area contributed by atoms with Crippen LogP contribution in [0.5, 0.6) is 5.75 Å². The summed E-state index contributed by atoms with van der Waals surface area (Å²) in [7, 11) is -3.65. The molecule has 2 aromatic rings. The van der Waals surface area contributed by atoms with Gasteiger partial charge < -0.3 is 14.8 Å². The van der Waals surface area contributed by atoms with E-state index in [0.29, 0.717) is 30.9 Å². The average molecular weight is 475 g/mol. The Labute approximate surface area is 194 Å². The molecule has 2 aromatic carbocycles. The molecule has 0 saturated carbocycles. The number of ether oxygens (including phenoxy) is 2. The number of nitrogens with one attached hydrogen (secondary N) is 1. The number of nitrogens with zero attached hydrogens (tertiary/aromatic N) is 1. The quantitative estimate of drug-likeness (QED) is 0.589. The van der Waals surface area contributed by atoms with E-state index in [9.17, 15) is 18.0 Å². The lowest BCUT2D eigenvalue weighted by Crippen LogP contribution is -2.40. The number of benzene rings is 2. The largest absolute Gasteiger partial charge is 0.494 e. The van der Waals surface area contributed by atoms with E-state index in [-0.39, 0.29) is 24.6 Å². The lowest BCUT2D eigenvalue weighted by atomic mass is 9.98. The Kier molecular flexibility index (Phi) is 8.10. The van der Waals surface area contributed by atoms with Crippen LogP contribution in [0.4, 0.5) is 5.69 Å². The third-order valence-electron chi connectivity index (χ3n) is 5.70. The van der Waals surface area contributed by atoms with Crippen LogP contribution in [-0.2, 0) is 24.3 Å². The van der Waals surface area contributed by atoms with Crippen molar-refractivity contribution in [1.29, 1.82) is 0 Å². The molecular formula is C24H30N2O6S. The normalized spacial score (nSPS) is 15.1. The molecule has 33 heavy (non-hydrogen) atoms. The molecule has 8 nitrogen and oxygen atoms in total. The number of aryl methyl sites for hydroxylation is 2. The van der Waals surface area contributed by atoms with Crippen LogP contribution in [0.25, 0.3) is 0 Å². The summed E-state index contributed by atoms with van der Waals surface area (Å²) in [4.78, 5) is 24.7. The van der Waals surface area contributed by atoms with Crippen LogP contribution in [0.15, 0.2) is 47.4 Å². The highest BCUT2D eigenvalue weighted by Crippen LogP contribution is 2.26. The highest BCUT2D eigenvalue weighted by atomic mass is 32.2. The van der Waals surface area contributed by atoms with Gasteiger partial charge in [-0.25, -0.2) is 8.42 Å². The van der Waals surface area contributed by atoms with Crippen molar-refractivity contribution in [3.63, 3.8) is 0 Å². The van der Waals surface area contributed by atoms with Crippen molar-refractivity contribution < 1.29 is 27.5 Å². The fourth-order valence-corrected chi connectivity index (χ4v) is 5.10. The van der Waals surface area contributed by atoms with Gasteiger partial charge in [0.15, 0.2) is 6.61 Å². The summed E-state index contributed by atoms with van der Waals surface area (Å²) in [6.07, 6.45) is 0.682. The SMILES string of the molecule is CCOc1ccc(S(=O)(=O)N2CCC(C(=O)OCC(=O)Nc3ccc(C)c(C)c3)CC2)cc1. The van der Waals surface area contributed by atoms with Crippen LogP contribution in [0.1, 0.15) is 30.9 Å². The minimum absolute atomic E-state index is 0.190. The van der Waals surface area contributed by atoms with Gasteiger partial charge in [0.1, 0.15) is 5.75 Å². The zero-order chi connectivity index (χ0) is 24.0. The maximum Gasteiger partial charge on any atom is 0.309 e. The van der Waals surface area contributed by atoms with Gasteiger partial charge in [-0.2, -0.15) is 4.31 Å². The average Bonchev–Trinajstić information content (AvgIpc) is 2.80. The van der Waals surface area contributed by atoms with Crippen molar-refractivity contribution in [1.82, 2.24) is 4.31 Å². The van der Waals surface area contributed by atoms with E-state index in [1.807, 2.05) is 32.9 Å². The molecule has 1 N–H and O–H groups in total. The Morgan fingerprint density at radius 3 is 2.30 bits per heavy atom. The standard InChI is InChI=1S/C24H30N2O6S/c1-4-31-21-7-9-22(10-8-21)33(29,30)26-13-11-19(12-14-26)24(28)32-16-23(27)25-20-6-5-17(2)18(3)15-20/h5-10,15,19H,4,11-14,16H2,1-3H3,(H,25,27). The molecule has 0 unspecified atom stereocenters. The third-order valence-corrected chi connectivity index (χ3v) is 7.61. The number of hydrogen-bond donors (Lipinski definition) is 1. The van der Waals surface area contributed by atoms with Gasteiger partial charge in [-0.1, -0.05) is 6.07 Å². The topological polar surface area (TPSA) is 102 Å². The fraction of sp³-hybridized carbons (Fsp3) is 0.417. The number of anilines is 1. The molecule has 0 bridgehead atoms. The van der Waals surface area contributed by atoms with Crippen molar-refractivity contribution in [3.05, 3.63) is 53.6 Å². The van der Waals surface area contributed by atoms with Crippen LogP contribution in [0.2, 0.25) is 0 Å². The highest BCUT2D eigenvalue weighted by molar-refractivity contribution is 7.89. The van der Waals surface area contributed by atoms with Gasteiger partial charge in [0.25, 0.3) is 5.91 Å². The van der Waals surface area contributed by atoms with Gasteiger partial charge in [0.2, 0.25) is 10.0 Å². The maximum atomic E-state index is 12.9. The molecule has 1 aliphatic heterocycles. The zero-order valence-corrected chi connectivity index (χ0v) is 20.0. The molecule has 1 aliphatic rings. The molecule has 0 radical (unpaired) electrons. The predicted molar refractivity (Wildman–Crippen MR) is 125 cm³/mol. The Bertz CT molecular complexity index is 1090. The molecule has 3 rings (SSSR count). The van der Waals surface area contributed by atoms with Crippen LogP contribution >= 0.6 is 0 Å². The summed E-state index contributed by atoms with van der Waals surface area (Å²) < 4.78 is 37.7. The molecule has 178 valence electrons. The van der Waals surface area contributed by atoms with Gasteiger partial charge in [0, 0.05) is 18.8 Å². The summed E-state index contributed by atoms with van der Waals surface area (Å²) in [6.45, 7) is 6.34. The van der Waals surface area contributed by atoms with E-state index in [2.05, 4.69) is 5.32 Å². The van der Waals surface area contributed by atoms with Gasteiger partial charge >= 0.3 is 5.97 Å². The van der Waals surface area contributed by atoms with E-state index in [0.717, 1.165) is 11.1 Å². The first-order valence-corrected chi connectivity index (χ1v) is 12.4. The molecule has 0 spiro atoms. The van der Waals surface area contributed by atoms with Crippen LogP contribution in [-0.4, -0.2) is 50.9 Å². The maximum absolute atomic E-state index is 12.9. The molecular weight excluding hydrogens is 444 g/mol. The summed E-state index contributed by atoms with van der Waals surface area (Å²) in [6, 6.07) is 11.9. The number of amides is 1. The van der Waals surface area contributed by atoms with Crippen molar-refractivity contribution >= 4 is 27.6 Å². The molecule has 1 amide bonds. The molecule has 1 fully saturated rings. The number of rotatable bonds is 8. The Hall–Kier alpha value is -2.91.